The van der Waals surface area contributed by atoms with E-state index in [1.54, 1.807) is 18.0 Å². The van der Waals surface area contributed by atoms with Gasteiger partial charge < -0.3 is 30.7 Å². The maximum absolute atomic E-state index is 9.91. The van der Waals surface area contributed by atoms with Crippen LogP contribution in [0.1, 0.15) is 20.3 Å². The molecular formula is C11H21N3O4. The Hall–Kier alpha value is -0.700. The first-order valence-corrected chi connectivity index (χ1v) is 5.99. The molecule has 0 saturated carbocycles. The largest absolute Gasteiger partial charge is 0.393 e. The van der Waals surface area contributed by atoms with Crippen LogP contribution in [0.4, 0.5) is 0 Å². The predicted molar refractivity (Wildman–Crippen MR) is 63.7 cm³/mol. The minimum atomic E-state index is -0.994. The maximum Gasteiger partial charge on any atom is 0.187 e. The lowest BCUT2D eigenvalue weighted by atomic mass is 10.0. The molecule has 0 aromatic heterocycles. The Balaban J connectivity index is 2.14. The van der Waals surface area contributed by atoms with Crippen LogP contribution in [0.25, 0.3) is 0 Å². The average molecular weight is 259 g/mol. The summed E-state index contributed by atoms with van der Waals surface area (Å²) in [6.07, 6.45) is -0.610. The predicted octanol–water partition coefficient (Wildman–Crippen LogP) is -1.79. The van der Waals surface area contributed by atoms with Crippen molar-refractivity contribution in [1.29, 1.82) is 0 Å². The minimum Gasteiger partial charge on any atom is -0.393 e. The molecule has 2 aliphatic heterocycles. The number of nitrogens with one attached hydrogen (secondary N) is 1. The fraction of sp³-hybridized carbons (Fsp3) is 0.818. The standard InChI is InChI=1S/C11H21N3O4/c1-6-4-14(10(17)13-9(6)12)8-3-7(16)11(2,5-15)18-8/h4,7-10,13,15-17H,3,5,12H2,1-2H3/t7?,8-,9?,10?,11-/m1/s1. The number of hydrogen-bond acceptors (Lipinski definition) is 7. The summed E-state index contributed by atoms with van der Waals surface area (Å²) < 4.78 is 5.64. The second-order valence-corrected chi connectivity index (χ2v) is 5.13. The molecule has 2 rings (SSSR count). The summed E-state index contributed by atoms with van der Waals surface area (Å²) in [6, 6.07) is 0. The average Bonchev–Trinajstić information content (AvgIpc) is 2.61. The molecule has 0 radical (unpaired) electrons. The van der Waals surface area contributed by atoms with Crippen molar-refractivity contribution >= 4 is 0 Å². The fourth-order valence-corrected chi connectivity index (χ4v) is 2.21. The first-order valence-electron chi connectivity index (χ1n) is 5.99. The van der Waals surface area contributed by atoms with Crippen molar-refractivity contribution in [1.82, 2.24) is 10.2 Å². The third-order valence-corrected chi connectivity index (χ3v) is 3.64. The molecule has 5 atom stereocenters. The quantitative estimate of drug-likeness (QED) is 0.398. The van der Waals surface area contributed by atoms with Crippen molar-refractivity contribution in [2.24, 2.45) is 5.73 Å². The molecule has 1 fully saturated rings. The molecule has 7 nitrogen and oxygen atoms in total. The summed E-state index contributed by atoms with van der Waals surface area (Å²) in [6.45, 7) is 3.21. The maximum atomic E-state index is 9.91. The van der Waals surface area contributed by atoms with Crippen LogP contribution in [0, 0.1) is 0 Å². The topological polar surface area (TPSA) is 111 Å². The lowest BCUT2D eigenvalue weighted by molar-refractivity contribution is -0.162. The second-order valence-electron chi connectivity index (χ2n) is 5.13. The molecule has 0 aromatic carbocycles. The van der Waals surface area contributed by atoms with Crippen molar-refractivity contribution in [3.05, 3.63) is 11.8 Å². The highest BCUT2D eigenvalue weighted by molar-refractivity contribution is 5.10. The van der Waals surface area contributed by atoms with Gasteiger partial charge in [-0.2, -0.15) is 0 Å². The Morgan fingerprint density at radius 2 is 2.28 bits per heavy atom. The van der Waals surface area contributed by atoms with Gasteiger partial charge in [-0.1, -0.05) is 0 Å². The van der Waals surface area contributed by atoms with Gasteiger partial charge in [-0.15, -0.1) is 0 Å². The van der Waals surface area contributed by atoms with Gasteiger partial charge in [0.05, 0.1) is 18.9 Å². The number of nitrogens with two attached hydrogens (primary N) is 1. The monoisotopic (exact) mass is 259 g/mol. The second kappa shape index (κ2) is 4.76. The van der Waals surface area contributed by atoms with E-state index in [1.807, 2.05) is 6.92 Å². The molecule has 2 aliphatic rings. The van der Waals surface area contributed by atoms with Crippen molar-refractivity contribution in [3.8, 4) is 0 Å². The van der Waals surface area contributed by atoms with E-state index in [4.69, 9.17) is 10.5 Å². The zero-order chi connectivity index (χ0) is 13.5. The highest BCUT2D eigenvalue weighted by Gasteiger charge is 2.47. The number of aliphatic hydroxyl groups is 3. The number of rotatable bonds is 2. The van der Waals surface area contributed by atoms with E-state index in [1.165, 1.54) is 0 Å². The Morgan fingerprint density at radius 3 is 2.83 bits per heavy atom. The normalized spacial score (nSPS) is 45.2. The minimum absolute atomic E-state index is 0.274. The van der Waals surface area contributed by atoms with E-state index in [2.05, 4.69) is 5.32 Å². The van der Waals surface area contributed by atoms with E-state index >= 15 is 0 Å². The summed E-state index contributed by atoms with van der Waals surface area (Å²) in [4.78, 5) is 1.56. The molecule has 0 amide bonds. The molecule has 2 heterocycles. The molecule has 7 heteroatoms. The molecule has 1 saturated heterocycles. The molecule has 104 valence electrons. The van der Waals surface area contributed by atoms with Crippen LogP contribution in [0.3, 0.4) is 0 Å². The molecule has 3 unspecified atom stereocenters. The van der Waals surface area contributed by atoms with Gasteiger partial charge in [0.2, 0.25) is 0 Å². The van der Waals surface area contributed by atoms with Gasteiger partial charge in [0, 0.05) is 12.6 Å². The fourth-order valence-electron chi connectivity index (χ4n) is 2.21. The summed E-state index contributed by atoms with van der Waals surface area (Å²) in [5, 5.41) is 31.8. The van der Waals surface area contributed by atoms with Crippen LogP contribution in [0.5, 0.6) is 0 Å². The molecule has 6 N–H and O–H groups in total. The molecule has 0 aromatic rings. The summed E-state index contributed by atoms with van der Waals surface area (Å²) >= 11 is 0. The molecule has 0 spiro atoms. The Morgan fingerprint density at radius 1 is 1.61 bits per heavy atom. The van der Waals surface area contributed by atoms with Gasteiger partial charge in [0.1, 0.15) is 11.8 Å². The zero-order valence-electron chi connectivity index (χ0n) is 10.6. The highest BCUT2D eigenvalue weighted by Crippen LogP contribution is 2.33. The van der Waals surface area contributed by atoms with Gasteiger partial charge in [0.15, 0.2) is 6.35 Å². The van der Waals surface area contributed by atoms with E-state index in [9.17, 15) is 15.3 Å². The van der Waals surface area contributed by atoms with E-state index in [0.717, 1.165) is 5.57 Å². The van der Waals surface area contributed by atoms with Crippen LogP contribution in [-0.2, 0) is 4.74 Å². The van der Waals surface area contributed by atoms with Crippen LogP contribution in [-0.4, -0.2) is 57.3 Å². The lowest BCUT2D eigenvalue weighted by Gasteiger charge is -2.39. The SMILES string of the molecule is CC1=CN([C@H]2CC(O)[C@@](C)(CO)O2)C(O)NC1N. The smallest absolute Gasteiger partial charge is 0.187 e. The molecule has 18 heavy (non-hydrogen) atoms. The van der Waals surface area contributed by atoms with Gasteiger partial charge in [-0.25, -0.2) is 0 Å². The van der Waals surface area contributed by atoms with Gasteiger partial charge in [-0.3, -0.25) is 5.32 Å². The number of nitrogens with zero attached hydrogens (tertiary/aromatic N) is 1. The first-order chi connectivity index (χ1) is 8.37. The van der Waals surface area contributed by atoms with Crippen molar-refractivity contribution in [3.63, 3.8) is 0 Å². The third kappa shape index (κ3) is 2.25. The highest BCUT2D eigenvalue weighted by atomic mass is 16.6. The Bertz CT molecular complexity index is 351. The Kier molecular flexibility index (Phi) is 3.63. The lowest BCUT2D eigenvalue weighted by Crippen LogP contribution is -2.58. The summed E-state index contributed by atoms with van der Waals surface area (Å²) in [7, 11) is 0. The van der Waals surface area contributed by atoms with Crippen molar-refractivity contribution in [2.45, 2.75) is 50.7 Å². The number of hydrogen-bond donors (Lipinski definition) is 5. The molecule has 0 bridgehead atoms. The van der Waals surface area contributed by atoms with Crippen molar-refractivity contribution in [2.75, 3.05) is 6.61 Å². The summed E-state index contributed by atoms with van der Waals surface area (Å²) in [5.74, 6) is 0. The van der Waals surface area contributed by atoms with Crippen LogP contribution in [0.15, 0.2) is 11.8 Å². The van der Waals surface area contributed by atoms with Crippen LogP contribution >= 0.6 is 0 Å². The number of ether oxygens (including phenoxy) is 1. The van der Waals surface area contributed by atoms with E-state index in [0.29, 0.717) is 6.42 Å². The third-order valence-electron chi connectivity index (χ3n) is 3.64. The molecule has 0 aliphatic carbocycles. The van der Waals surface area contributed by atoms with Crippen LogP contribution < -0.4 is 11.1 Å². The Labute approximate surface area is 106 Å². The van der Waals surface area contributed by atoms with E-state index < -0.39 is 30.5 Å². The zero-order valence-corrected chi connectivity index (χ0v) is 10.6. The number of aliphatic hydroxyl groups excluding tert-OH is 3. The summed E-state index contributed by atoms with van der Waals surface area (Å²) in [5.41, 5.74) is 5.60. The van der Waals surface area contributed by atoms with Gasteiger partial charge in [-0.05, 0) is 19.4 Å². The van der Waals surface area contributed by atoms with Gasteiger partial charge in [0.25, 0.3) is 0 Å². The first kappa shape index (κ1) is 13.7. The van der Waals surface area contributed by atoms with Crippen molar-refractivity contribution < 1.29 is 20.1 Å². The van der Waals surface area contributed by atoms with Crippen LogP contribution in [0.2, 0.25) is 0 Å². The molecular weight excluding hydrogens is 238 g/mol. The van der Waals surface area contributed by atoms with E-state index in [-0.39, 0.29) is 6.61 Å². The van der Waals surface area contributed by atoms with Gasteiger partial charge >= 0.3 is 0 Å².